The van der Waals surface area contributed by atoms with Crippen LogP contribution in [0.15, 0.2) is 0 Å². The number of carbonyl (C=O) groups excluding carboxylic acids is 1. The van der Waals surface area contributed by atoms with Crippen molar-refractivity contribution in [3.63, 3.8) is 0 Å². The van der Waals surface area contributed by atoms with Crippen molar-refractivity contribution in [1.29, 1.82) is 0 Å². The fraction of sp³-hybridized carbons (Fsp3) is 0.938. The van der Waals surface area contributed by atoms with Gasteiger partial charge < -0.3 is 4.74 Å². The molecule has 1 radical (unpaired) electrons. The van der Waals surface area contributed by atoms with Gasteiger partial charge in [-0.1, -0.05) is 47.0 Å². The van der Waals surface area contributed by atoms with Gasteiger partial charge in [-0.3, -0.25) is 4.79 Å². The van der Waals surface area contributed by atoms with E-state index in [2.05, 4.69) is 34.0 Å². The molecule has 1 fully saturated rings. The fourth-order valence-corrected chi connectivity index (χ4v) is 3.03. The zero-order valence-electron chi connectivity index (χ0n) is 12.4. The van der Waals surface area contributed by atoms with Gasteiger partial charge in [0.25, 0.3) is 0 Å². The molecule has 0 spiro atoms. The largest absolute Gasteiger partial charge is 0.366 e. The molecule has 2 heteroatoms. The Morgan fingerprint density at radius 2 is 2.06 bits per heavy atom. The van der Waals surface area contributed by atoms with E-state index >= 15 is 0 Å². The van der Waals surface area contributed by atoms with Crippen molar-refractivity contribution in [2.24, 2.45) is 17.8 Å². The smallest absolute Gasteiger partial charge is 0.229 e. The molecule has 0 aromatic heterocycles. The number of ether oxygens (including phenoxy) is 1. The van der Waals surface area contributed by atoms with Crippen molar-refractivity contribution < 1.29 is 9.53 Å². The second-order valence-electron chi connectivity index (χ2n) is 6.25. The van der Waals surface area contributed by atoms with Crippen molar-refractivity contribution in [2.75, 3.05) is 0 Å². The lowest BCUT2D eigenvalue weighted by Gasteiger charge is -2.38. The molecule has 0 aromatic carbocycles. The first kappa shape index (κ1) is 15.7. The first-order chi connectivity index (χ1) is 8.58. The third-order valence-electron chi connectivity index (χ3n) is 4.25. The molecule has 0 aromatic rings. The third-order valence-corrected chi connectivity index (χ3v) is 4.25. The van der Waals surface area contributed by atoms with Crippen LogP contribution in [0.3, 0.4) is 0 Å². The summed E-state index contributed by atoms with van der Waals surface area (Å²) in [5.74, 6) is 1.98. The van der Waals surface area contributed by atoms with Crippen LogP contribution in [0.1, 0.15) is 66.2 Å². The van der Waals surface area contributed by atoms with E-state index in [9.17, 15) is 4.79 Å². The number of rotatable bonds is 7. The van der Waals surface area contributed by atoms with E-state index in [1.165, 1.54) is 12.8 Å². The summed E-state index contributed by atoms with van der Waals surface area (Å²) in [7, 11) is 0. The summed E-state index contributed by atoms with van der Waals surface area (Å²) < 4.78 is 6.06. The minimum atomic E-state index is -0.304. The molecule has 1 aliphatic carbocycles. The van der Waals surface area contributed by atoms with Gasteiger partial charge >= 0.3 is 0 Å². The molecule has 0 heterocycles. The van der Waals surface area contributed by atoms with Crippen LogP contribution >= 0.6 is 0 Å². The molecular weight excluding hydrogens is 224 g/mol. The summed E-state index contributed by atoms with van der Waals surface area (Å²) in [4.78, 5) is 11.0. The van der Waals surface area contributed by atoms with E-state index in [1.54, 1.807) is 0 Å². The quantitative estimate of drug-likeness (QED) is 0.682. The van der Waals surface area contributed by atoms with Crippen LogP contribution in [0.2, 0.25) is 0 Å². The maximum absolute atomic E-state index is 11.0. The Morgan fingerprint density at radius 3 is 2.61 bits per heavy atom. The van der Waals surface area contributed by atoms with Crippen LogP contribution in [0.25, 0.3) is 0 Å². The van der Waals surface area contributed by atoms with Crippen LogP contribution in [0.4, 0.5) is 0 Å². The van der Waals surface area contributed by atoms with Crippen molar-refractivity contribution in [3.8, 4) is 0 Å². The van der Waals surface area contributed by atoms with Gasteiger partial charge in [0.15, 0.2) is 0 Å². The highest BCUT2D eigenvalue weighted by molar-refractivity contribution is 5.56. The molecule has 0 amide bonds. The number of hydrogen-bond donors (Lipinski definition) is 0. The van der Waals surface area contributed by atoms with E-state index in [0.29, 0.717) is 11.8 Å². The summed E-state index contributed by atoms with van der Waals surface area (Å²) in [5, 5.41) is 0. The lowest BCUT2D eigenvalue weighted by atomic mass is 9.75. The van der Waals surface area contributed by atoms with Crippen LogP contribution in [0.5, 0.6) is 0 Å². The molecule has 18 heavy (non-hydrogen) atoms. The Hall–Kier alpha value is -0.370. The average molecular weight is 253 g/mol. The normalized spacial score (nSPS) is 30.4. The summed E-state index contributed by atoms with van der Waals surface area (Å²) in [6.45, 7) is 8.96. The standard InChI is InChI=1S/C16H29O2/c1-5-6-7-14(11-17)18-16-10-13(4)8-9-15(16)12(2)3/h12-16H,5-10H2,1-4H3. The number of unbranched alkanes of at least 4 members (excludes halogenated alkanes) is 1. The van der Waals surface area contributed by atoms with Gasteiger partial charge in [0.2, 0.25) is 6.29 Å². The zero-order chi connectivity index (χ0) is 13.5. The molecular formula is C16H29O2. The maximum atomic E-state index is 11.0. The van der Waals surface area contributed by atoms with Gasteiger partial charge in [-0.25, -0.2) is 0 Å². The predicted molar refractivity (Wildman–Crippen MR) is 75.2 cm³/mol. The zero-order valence-corrected chi connectivity index (χ0v) is 12.4. The molecule has 0 bridgehead atoms. The molecule has 0 saturated heterocycles. The van der Waals surface area contributed by atoms with E-state index in [0.717, 1.165) is 31.6 Å². The Balaban J connectivity index is 2.55. The van der Waals surface area contributed by atoms with E-state index in [4.69, 9.17) is 4.74 Å². The van der Waals surface area contributed by atoms with E-state index in [1.807, 2.05) is 0 Å². The van der Waals surface area contributed by atoms with Gasteiger partial charge in [0, 0.05) is 0 Å². The predicted octanol–water partition coefficient (Wildman–Crippen LogP) is 4.13. The van der Waals surface area contributed by atoms with E-state index < -0.39 is 0 Å². The van der Waals surface area contributed by atoms with Crippen LogP contribution < -0.4 is 0 Å². The van der Waals surface area contributed by atoms with Crippen molar-refractivity contribution in [2.45, 2.75) is 78.4 Å². The average Bonchev–Trinajstić information content (AvgIpc) is 2.34. The van der Waals surface area contributed by atoms with E-state index in [-0.39, 0.29) is 12.2 Å². The topological polar surface area (TPSA) is 26.3 Å². The first-order valence-corrected chi connectivity index (χ1v) is 7.61. The van der Waals surface area contributed by atoms with Crippen molar-refractivity contribution in [1.82, 2.24) is 0 Å². The van der Waals surface area contributed by atoms with Crippen LogP contribution in [-0.4, -0.2) is 18.5 Å². The third kappa shape index (κ3) is 4.72. The highest BCUT2D eigenvalue weighted by Gasteiger charge is 2.33. The lowest BCUT2D eigenvalue weighted by molar-refractivity contribution is -0.0601. The van der Waals surface area contributed by atoms with Crippen molar-refractivity contribution >= 4 is 6.29 Å². The molecule has 4 unspecified atom stereocenters. The maximum Gasteiger partial charge on any atom is 0.229 e. The van der Waals surface area contributed by atoms with Gasteiger partial charge in [0.05, 0.1) is 6.10 Å². The highest BCUT2D eigenvalue weighted by Crippen LogP contribution is 2.36. The first-order valence-electron chi connectivity index (χ1n) is 7.61. The molecule has 1 aliphatic rings. The summed E-state index contributed by atoms with van der Waals surface area (Å²) in [5.41, 5.74) is 0. The second-order valence-corrected chi connectivity index (χ2v) is 6.25. The monoisotopic (exact) mass is 253 g/mol. The molecule has 1 saturated carbocycles. The molecule has 0 aliphatic heterocycles. The minimum Gasteiger partial charge on any atom is -0.366 e. The second kappa shape index (κ2) is 7.93. The fourth-order valence-electron chi connectivity index (χ4n) is 3.03. The van der Waals surface area contributed by atoms with Gasteiger partial charge in [-0.2, -0.15) is 0 Å². The number of hydrogen-bond acceptors (Lipinski definition) is 2. The summed E-state index contributed by atoms with van der Waals surface area (Å²) in [6.07, 6.45) is 8.67. The molecule has 0 N–H and O–H groups in total. The Morgan fingerprint density at radius 1 is 1.33 bits per heavy atom. The summed E-state index contributed by atoms with van der Waals surface area (Å²) >= 11 is 0. The Kier molecular flexibility index (Phi) is 6.91. The van der Waals surface area contributed by atoms with Crippen molar-refractivity contribution in [3.05, 3.63) is 0 Å². The van der Waals surface area contributed by atoms with Gasteiger partial charge in [-0.05, 0) is 37.0 Å². The minimum absolute atomic E-state index is 0.261. The van der Waals surface area contributed by atoms with Crippen LogP contribution in [-0.2, 0) is 9.53 Å². The van der Waals surface area contributed by atoms with Gasteiger partial charge in [0.1, 0.15) is 6.10 Å². The van der Waals surface area contributed by atoms with Crippen LogP contribution in [0, 0.1) is 17.8 Å². The highest BCUT2D eigenvalue weighted by atomic mass is 16.5. The SMILES string of the molecule is CCCCC([C]=O)OC1CC(C)CCC1C(C)C. The molecule has 1 rings (SSSR count). The Bertz CT molecular complexity index is 237. The molecule has 105 valence electrons. The molecule has 2 nitrogen and oxygen atoms in total. The van der Waals surface area contributed by atoms with Gasteiger partial charge in [-0.15, -0.1) is 0 Å². The Labute approximate surface area is 112 Å². The lowest BCUT2D eigenvalue weighted by Crippen LogP contribution is -2.37. The summed E-state index contributed by atoms with van der Waals surface area (Å²) in [6, 6.07) is 0. The molecule has 4 atom stereocenters.